The number of carbonyl (C=O) groups excluding carboxylic acids is 3. The molecule has 0 aliphatic rings. The standard InChI is InChI=1S/C14H22N2O.C2H6.CH3NO.CH2O/c1-4-5-11(2)16(3)9-13-8-14(15)7-6-12(13)10-17;1-2;2-1-3;1-2/h6-8,10-11H,4-5,9,15H2,1-3H3;1-2H3;1H,(H2,2,3);1H2. The molecule has 6 heteroatoms. The summed E-state index contributed by atoms with van der Waals surface area (Å²) in [7, 11) is 2.08. The number of amides is 1. The molecule has 0 saturated carbocycles. The molecule has 0 aromatic heterocycles. The lowest BCUT2D eigenvalue weighted by Crippen LogP contribution is -2.28. The molecular weight excluding hydrogens is 306 g/mol. The third kappa shape index (κ3) is 12.3. The molecule has 1 unspecified atom stereocenters. The van der Waals surface area contributed by atoms with Crippen molar-refractivity contribution in [1.82, 2.24) is 4.90 Å². The van der Waals surface area contributed by atoms with E-state index >= 15 is 0 Å². The van der Waals surface area contributed by atoms with Crippen molar-refractivity contribution >= 4 is 25.2 Å². The molecule has 0 spiro atoms. The van der Waals surface area contributed by atoms with Crippen LogP contribution in [0, 0.1) is 0 Å². The Morgan fingerprint density at radius 1 is 1.25 bits per heavy atom. The molecule has 1 amide bonds. The van der Waals surface area contributed by atoms with E-state index in [1.165, 1.54) is 6.42 Å². The summed E-state index contributed by atoms with van der Waals surface area (Å²) in [5, 5.41) is 0. The van der Waals surface area contributed by atoms with Crippen LogP contribution in [0.4, 0.5) is 5.69 Å². The van der Waals surface area contributed by atoms with Gasteiger partial charge in [0.2, 0.25) is 6.41 Å². The number of aldehydes is 1. The van der Waals surface area contributed by atoms with Gasteiger partial charge in [0.25, 0.3) is 0 Å². The number of hydrogen-bond donors (Lipinski definition) is 2. The maximum atomic E-state index is 11.0. The van der Waals surface area contributed by atoms with Crippen LogP contribution in [0.2, 0.25) is 0 Å². The van der Waals surface area contributed by atoms with Crippen molar-refractivity contribution < 1.29 is 14.4 Å². The SMILES string of the molecule is C=O.CC.CCCC(C)N(C)Cc1cc(N)ccc1C=O.NC=O. The first kappa shape index (κ1) is 26.7. The molecule has 0 aliphatic heterocycles. The van der Waals surface area contributed by atoms with Crippen molar-refractivity contribution in [2.45, 2.75) is 53.1 Å². The second-order valence-electron chi connectivity index (χ2n) is 4.76. The number of rotatable bonds is 6. The van der Waals surface area contributed by atoms with Gasteiger partial charge in [-0.25, -0.2) is 0 Å². The van der Waals surface area contributed by atoms with Gasteiger partial charge in [0.1, 0.15) is 13.1 Å². The summed E-state index contributed by atoms with van der Waals surface area (Å²) in [6.07, 6.45) is 3.48. The fourth-order valence-corrected chi connectivity index (χ4v) is 1.94. The van der Waals surface area contributed by atoms with E-state index in [-0.39, 0.29) is 6.41 Å². The first-order valence-corrected chi connectivity index (χ1v) is 7.98. The van der Waals surface area contributed by atoms with Crippen LogP contribution in [-0.4, -0.2) is 37.5 Å². The topological polar surface area (TPSA) is 106 Å². The van der Waals surface area contributed by atoms with E-state index in [9.17, 15) is 4.79 Å². The van der Waals surface area contributed by atoms with Crippen LogP contribution in [0.1, 0.15) is 56.5 Å². The molecule has 24 heavy (non-hydrogen) atoms. The monoisotopic (exact) mass is 339 g/mol. The molecule has 0 radical (unpaired) electrons. The van der Waals surface area contributed by atoms with E-state index in [4.69, 9.17) is 15.3 Å². The van der Waals surface area contributed by atoms with Crippen LogP contribution < -0.4 is 11.5 Å². The Bertz CT molecular complexity index is 440. The van der Waals surface area contributed by atoms with Crippen LogP contribution in [0.25, 0.3) is 0 Å². The highest BCUT2D eigenvalue weighted by atomic mass is 16.1. The van der Waals surface area contributed by atoms with Crippen molar-refractivity contribution in [2.24, 2.45) is 5.73 Å². The Balaban J connectivity index is -0.000000549. The second-order valence-corrected chi connectivity index (χ2v) is 4.76. The summed E-state index contributed by atoms with van der Waals surface area (Å²) in [6.45, 7) is 11.2. The Morgan fingerprint density at radius 2 is 1.75 bits per heavy atom. The zero-order valence-electron chi connectivity index (χ0n) is 15.6. The molecule has 1 rings (SSSR count). The van der Waals surface area contributed by atoms with Crippen molar-refractivity contribution in [3.63, 3.8) is 0 Å². The van der Waals surface area contributed by atoms with Gasteiger partial charge in [-0.15, -0.1) is 0 Å². The number of nitrogen functional groups attached to an aromatic ring is 1. The van der Waals surface area contributed by atoms with Gasteiger partial charge in [-0.3, -0.25) is 14.5 Å². The minimum absolute atomic E-state index is 0.250. The summed E-state index contributed by atoms with van der Waals surface area (Å²) in [6, 6.07) is 5.96. The minimum Gasteiger partial charge on any atom is -0.399 e. The predicted octanol–water partition coefficient (Wildman–Crippen LogP) is 2.64. The lowest BCUT2D eigenvalue weighted by atomic mass is 10.1. The molecule has 6 nitrogen and oxygen atoms in total. The molecule has 138 valence electrons. The number of benzene rings is 1. The van der Waals surface area contributed by atoms with Crippen LogP contribution in [-0.2, 0) is 16.1 Å². The van der Waals surface area contributed by atoms with Gasteiger partial charge >= 0.3 is 0 Å². The average molecular weight is 339 g/mol. The van der Waals surface area contributed by atoms with Crippen LogP contribution in [0.3, 0.4) is 0 Å². The third-order valence-corrected chi connectivity index (χ3v) is 3.17. The summed E-state index contributed by atoms with van der Waals surface area (Å²) >= 11 is 0. The number of nitrogens with zero attached hydrogens (tertiary/aromatic N) is 1. The van der Waals surface area contributed by atoms with E-state index < -0.39 is 0 Å². The summed E-state index contributed by atoms with van der Waals surface area (Å²) < 4.78 is 0. The van der Waals surface area contributed by atoms with Crippen molar-refractivity contribution in [3.05, 3.63) is 29.3 Å². The van der Waals surface area contributed by atoms with Crippen LogP contribution in [0.5, 0.6) is 0 Å². The van der Waals surface area contributed by atoms with E-state index in [1.807, 2.05) is 26.7 Å². The van der Waals surface area contributed by atoms with Gasteiger partial charge in [0.05, 0.1) is 0 Å². The van der Waals surface area contributed by atoms with Crippen molar-refractivity contribution in [3.8, 4) is 0 Å². The maximum Gasteiger partial charge on any atom is 0.204 e. The minimum atomic E-state index is 0.250. The summed E-state index contributed by atoms with van der Waals surface area (Å²) in [5.41, 5.74) is 12.4. The number of anilines is 1. The Kier molecular flexibility index (Phi) is 20.9. The van der Waals surface area contributed by atoms with Gasteiger partial charge < -0.3 is 16.3 Å². The maximum absolute atomic E-state index is 11.0. The Labute approximate surface area is 146 Å². The van der Waals surface area contributed by atoms with Crippen LogP contribution >= 0.6 is 0 Å². The Hall–Kier alpha value is -2.21. The largest absolute Gasteiger partial charge is 0.399 e. The predicted molar refractivity (Wildman–Crippen MR) is 101 cm³/mol. The molecule has 0 fully saturated rings. The highest BCUT2D eigenvalue weighted by Gasteiger charge is 2.11. The fourth-order valence-electron chi connectivity index (χ4n) is 1.94. The molecule has 0 aliphatic carbocycles. The lowest BCUT2D eigenvalue weighted by Gasteiger charge is -2.25. The first-order valence-electron chi connectivity index (χ1n) is 7.98. The van der Waals surface area contributed by atoms with Gasteiger partial charge in [-0.2, -0.15) is 0 Å². The lowest BCUT2D eigenvalue weighted by molar-refractivity contribution is -0.107. The van der Waals surface area contributed by atoms with Gasteiger partial charge in [-0.1, -0.05) is 27.2 Å². The fraction of sp³-hybridized carbons (Fsp3) is 0.500. The summed E-state index contributed by atoms with van der Waals surface area (Å²) in [4.78, 5) is 29.8. The van der Waals surface area contributed by atoms with Gasteiger partial charge in [-0.05, 0) is 44.2 Å². The quantitative estimate of drug-likeness (QED) is 0.612. The van der Waals surface area contributed by atoms with Crippen molar-refractivity contribution in [2.75, 3.05) is 12.8 Å². The van der Waals surface area contributed by atoms with Gasteiger partial charge in [0.15, 0.2) is 0 Å². The first-order chi connectivity index (χ1) is 11.5. The normalized spacial score (nSPS) is 9.92. The third-order valence-electron chi connectivity index (χ3n) is 3.17. The second kappa shape index (κ2) is 18.8. The molecular formula is C18H33N3O3. The smallest absolute Gasteiger partial charge is 0.204 e. The van der Waals surface area contributed by atoms with Crippen LogP contribution in [0.15, 0.2) is 18.2 Å². The highest BCUT2D eigenvalue weighted by Crippen LogP contribution is 2.16. The number of carbonyl (C=O) groups is 3. The molecule has 4 N–H and O–H groups in total. The molecule has 0 bridgehead atoms. The zero-order chi connectivity index (χ0) is 19.5. The highest BCUT2D eigenvalue weighted by molar-refractivity contribution is 5.78. The molecule has 1 aromatic carbocycles. The van der Waals surface area contributed by atoms with E-state index in [2.05, 4.69) is 31.5 Å². The van der Waals surface area contributed by atoms with Crippen molar-refractivity contribution in [1.29, 1.82) is 0 Å². The summed E-state index contributed by atoms with van der Waals surface area (Å²) in [5.74, 6) is 0. The van der Waals surface area contributed by atoms with E-state index in [0.717, 1.165) is 30.4 Å². The molecule has 1 aromatic rings. The molecule has 0 heterocycles. The molecule has 0 saturated heterocycles. The number of primary amides is 1. The number of nitrogens with two attached hydrogens (primary N) is 2. The zero-order valence-corrected chi connectivity index (χ0v) is 15.6. The Morgan fingerprint density at radius 3 is 2.17 bits per heavy atom. The molecule has 1 atom stereocenters. The average Bonchev–Trinajstić information content (AvgIpc) is 2.59. The number of hydrogen-bond acceptors (Lipinski definition) is 5. The van der Waals surface area contributed by atoms with Gasteiger partial charge in [0, 0.05) is 23.8 Å². The van der Waals surface area contributed by atoms with E-state index in [0.29, 0.717) is 11.7 Å². The van der Waals surface area contributed by atoms with E-state index in [1.54, 1.807) is 12.1 Å².